The minimum atomic E-state index is 0.0937. The van der Waals surface area contributed by atoms with E-state index < -0.39 is 0 Å². The molecule has 1 atom stereocenters. The van der Waals surface area contributed by atoms with E-state index in [-0.39, 0.29) is 5.91 Å². The summed E-state index contributed by atoms with van der Waals surface area (Å²) in [5.74, 6) is 0.602. The van der Waals surface area contributed by atoms with Gasteiger partial charge in [0.05, 0.1) is 5.56 Å². The van der Waals surface area contributed by atoms with Crippen molar-refractivity contribution >= 4 is 5.91 Å². The van der Waals surface area contributed by atoms with Crippen molar-refractivity contribution in [1.82, 2.24) is 14.8 Å². The summed E-state index contributed by atoms with van der Waals surface area (Å²) in [7, 11) is 0. The van der Waals surface area contributed by atoms with Crippen LogP contribution >= 0.6 is 0 Å². The van der Waals surface area contributed by atoms with Gasteiger partial charge in [0.15, 0.2) is 0 Å². The first kappa shape index (κ1) is 15.9. The summed E-state index contributed by atoms with van der Waals surface area (Å²) in [6.45, 7) is 9.40. The lowest BCUT2D eigenvalue weighted by Crippen LogP contribution is -2.37. The maximum Gasteiger partial charge on any atom is 0.255 e. The highest BCUT2D eigenvalue weighted by molar-refractivity contribution is 5.93. The minimum absolute atomic E-state index is 0.0937. The summed E-state index contributed by atoms with van der Waals surface area (Å²) in [6.07, 6.45) is 2.69. The predicted molar refractivity (Wildman–Crippen MR) is 84.2 cm³/mol. The molecule has 0 aliphatic carbocycles. The first-order valence-corrected chi connectivity index (χ1v) is 7.74. The van der Waals surface area contributed by atoms with Crippen LogP contribution in [-0.2, 0) is 0 Å². The quantitative estimate of drug-likeness (QED) is 0.903. The van der Waals surface area contributed by atoms with Crippen LogP contribution in [0, 0.1) is 12.8 Å². The molecule has 2 heterocycles. The monoisotopic (exact) mass is 290 g/mol. The molecule has 1 aliphatic heterocycles. The van der Waals surface area contributed by atoms with Crippen LogP contribution < -0.4 is 5.73 Å². The number of aryl methyl sites for hydroxylation is 1. The molecule has 1 aromatic heterocycles. The number of hydrogen-bond acceptors (Lipinski definition) is 4. The van der Waals surface area contributed by atoms with Gasteiger partial charge in [-0.3, -0.25) is 9.78 Å². The molecule has 1 saturated heterocycles. The highest BCUT2D eigenvalue weighted by Crippen LogP contribution is 2.10. The van der Waals surface area contributed by atoms with Gasteiger partial charge in [0.25, 0.3) is 5.91 Å². The number of pyridine rings is 1. The maximum absolute atomic E-state index is 12.5. The van der Waals surface area contributed by atoms with Gasteiger partial charge < -0.3 is 15.5 Å². The van der Waals surface area contributed by atoms with Crippen LogP contribution in [-0.4, -0.2) is 60.0 Å². The normalized spacial score (nSPS) is 18.3. The fraction of sp³-hybridized carbons (Fsp3) is 0.625. The van der Waals surface area contributed by atoms with Crippen molar-refractivity contribution in [2.75, 3.05) is 39.3 Å². The zero-order valence-electron chi connectivity index (χ0n) is 13.1. The molecule has 1 fully saturated rings. The van der Waals surface area contributed by atoms with Crippen LogP contribution in [0.5, 0.6) is 0 Å². The number of rotatable bonds is 4. The van der Waals surface area contributed by atoms with Crippen LogP contribution in [0.15, 0.2) is 18.3 Å². The third-order valence-electron chi connectivity index (χ3n) is 4.01. The molecule has 116 valence electrons. The van der Waals surface area contributed by atoms with Gasteiger partial charge >= 0.3 is 0 Å². The Kier molecular flexibility index (Phi) is 5.70. The van der Waals surface area contributed by atoms with E-state index in [9.17, 15) is 4.79 Å². The third-order valence-corrected chi connectivity index (χ3v) is 4.01. The highest BCUT2D eigenvalue weighted by atomic mass is 16.2. The Morgan fingerprint density at radius 1 is 1.33 bits per heavy atom. The molecule has 2 N–H and O–H groups in total. The zero-order chi connectivity index (χ0) is 15.2. The van der Waals surface area contributed by atoms with E-state index in [0.29, 0.717) is 18.0 Å². The topological polar surface area (TPSA) is 62.5 Å². The Labute approximate surface area is 127 Å². The van der Waals surface area contributed by atoms with Crippen molar-refractivity contribution in [3.8, 4) is 0 Å². The number of nitrogens with zero attached hydrogens (tertiary/aromatic N) is 3. The summed E-state index contributed by atoms with van der Waals surface area (Å²) >= 11 is 0. The second-order valence-corrected chi connectivity index (χ2v) is 5.98. The molecule has 0 bridgehead atoms. The van der Waals surface area contributed by atoms with Gasteiger partial charge in [-0.25, -0.2) is 0 Å². The van der Waals surface area contributed by atoms with E-state index in [1.54, 1.807) is 6.20 Å². The number of amides is 1. The van der Waals surface area contributed by atoms with E-state index in [1.165, 1.54) is 0 Å². The van der Waals surface area contributed by atoms with Crippen LogP contribution in [0.1, 0.15) is 29.4 Å². The summed E-state index contributed by atoms with van der Waals surface area (Å²) < 4.78 is 0. The van der Waals surface area contributed by atoms with Gasteiger partial charge in [-0.05, 0) is 44.5 Å². The summed E-state index contributed by atoms with van der Waals surface area (Å²) in [6, 6.07) is 3.75. The van der Waals surface area contributed by atoms with Crippen molar-refractivity contribution < 1.29 is 4.79 Å². The molecule has 21 heavy (non-hydrogen) atoms. The molecular formula is C16H26N4O. The van der Waals surface area contributed by atoms with Gasteiger partial charge in [0, 0.05) is 38.1 Å². The second kappa shape index (κ2) is 7.52. The van der Waals surface area contributed by atoms with Crippen molar-refractivity contribution in [2.24, 2.45) is 11.7 Å². The molecule has 5 nitrogen and oxygen atoms in total. The van der Waals surface area contributed by atoms with Gasteiger partial charge in [0.2, 0.25) is 0 Å². The molecule has 5 heteroatoms. The Balaban J connectivity index is 1.93. The first-order valence-electron chi connectivity index (χ1n) is 7.74. The molecule has 1 unspecified atom stereocenters. The molecule has 1 aromatic rings. The Morgan fingerprint density at radius 3 is 2.81 bits per heavy atom. The third kappa shape index (κ3) is 4.51. The number of nitrogens with two attached hydrogens (primary N) is 1. The average Bonchev–Trinajstić information content (AvgIpc) is 2.73. The number of carbonyl (C=O) groups excluding carboxylic acids is 1. The molecule has 0 spiro atoms. The predicted octanol–water partition coefficient (Wildman–Crippen LogP) is 1.13. The van der Waals surface area contributed by atoms with Crippen molar-refractivity contribution in [3.05, 3.63) is 29.6 Å². The summed E-state index contributed by atoms with van der Waals surface area (Å²) in [4.78, 5) is 21.1. The fourth-order valence-corrected chi connectivity index (χ4v) is 2.65. The van der Waals surface area contributed by atoms with E-state index in [2.05, 4.69) is 16.8 Å². The smallest absolute Gasteiger partial charge is 0.255 e. The largest absolute Gasteiger partial charge is 0.337 e. The SMILES string of the molecule is Cc1ccc(C(=O)N2CCCN(CC(C)CN)CC2)cn1. The second-order valence-electron chi connectivity index (χ2n) is 5.98. The maximum atomic E-state index is 12.5. The van der Waals surface area contributed by atoms with Crippen LogP contribution in [0.25, 0.3) is 0 Å². The van der Waals surface area contributed by atoms with E-state index in [0.717, 1.165) is 44.8 Å². The molecule has 1 aliphatic rings. The summed E-state index contributed by atoms with van der Waals surface area (Å²) in [5.41, 5.74) is 7.31. The van der Waals surface area contributed by atoms with Crippen LogP contribution in [0.4, 0.5) is 0 Å². The zero-order valence-corrected chi connectivity index (χ0v) is 13.1. The average molecular weight is 290 g/mol. The van der Waals surface area contributed by atoms with Gasteiger partial charge in [-0.1, -0.05) is 6.92 Å². The Bertz CT molecular complexity index is 460. The Morgan fingerprint density at radius 2 is 2.14 bits per heavy atom. The van der Waals surface area contributed by atoms with E-state index in [1.807, 2.05) is 24.0 Å². The van der Waals surface area contributed by atoms with Crippen LogP contribution in [0.2, 0.25) is 0 Å². The van der Waals surface area contributed by atoms with Crippen molar-refractivity contribution in [3.63, 3.8) is 0 Å². The molecule has 1 amide bonds. The number of carbonyl (C=O) groups is 1. The van der Waals surface area contributed by atoms with Crippen LogP contribution in [0.3, 0.4) is 0 Å². The minimum Gasteiger partial charge on any atom is -0.337 e. The van der Waals surface area contributed by atoms with Gasteiger partial charge in [-0.15, -0.1) is 0 Å². The highest BCUT2D eigenvalue weighted by Gasteiger charge is 2.21. The number of hydrogen-bond donors (Lipinski definition) is 1. The molecular weight excluding hydrogens is 264 g/mol. The van der Waals surface area contributed by atoms with Gasteiger partial charge in [-0.2, -0.15) is 0 Å². The molecule has 0 aromatic carbocycles. The standard InChI is InChI=1S/C16H26N4O/c1-13(10-17)12-19-6-3-7-20(9-8-19)16(21)15-5-4-14(2)18-11-15/h4-5,11,13H,3,6-10,12,17H2,1-2H3. The molecule has 2 rings (SSSR count). The Hall–Kier alpha value is -1.46. The molecule has 0 radical (unpaired) electrons. The van der Waals surface area contributed by atoms with E-state index in [4.69, 9.17) is 5.73 Å². The van der Waals surface area contributed by atoms with Gasteiger partial charge in [0.1, 0.15) is 0 Å². The van der Waals surface area contributed by atoms with Crippen molar-refractivity contribution in [1.29, 1.82) is 0 Å². The fourth-order valence-electron chi connectivity index (χ4n) is 2.65. The lowest BCUT2D eigenvalue weighted by molar-refractivity contribution is 0.0760. The van der Waals surface area contributed by atoms with Crippen molar-refractivity contribution in [2.45, 2.75) is 20.3 Å². The number of aromatic nitrogens is 1. The van der Waals surface area contributed by atoms with E-state index >= 15 is 0 Å². The first-order chi connectivity index (χ1) is 10.1. The molecule has 0 saturated carbocycles. The lowest BCUT2D eigenvalue weighted by Gasteiger charge is -2.24. The summed E-state index contributed by atoms with van der Waals surface area (Å²) in [5, 5.41) is 0. The lowest BCUT2D eigenvalue weighted by atomic mass is 10.1.